The van der Waals surface area contributed by atoms with Crippen molar-refractivity contribution in [1.82, 2.24) is 4.90 Å². The molecule has 33 heavy (non-hydrogen) atoms. The Bertz CT molecular complexity index is 1130. The lowest BCUT2D eigenvalue weighted by molar-refractivity contribution is -0.124. The molecular weight excluding hydrogens is 426 g/mol. The summed E-state index contributed by atoms with van der Waals surface area (Å²) in [5.74, 6) is 0.882. The first kappa shape index (κ1) is 21.9. The van der Waals surface area contributed by atoms with Crippen LogP contribution in [0.2, 0.25) is 0 Å². The monoisotopic (exact) mass is 449 g/mol. The summed E-state index contributed by atoms with van der Waals surface area (Å²) in [5.41, 5.74) is 0.954. The summed E-state index contributed by atoms with van der Waals surface area (Å²) in [7, 11) is 3.09. The van der Waals surface area contributed by atoms with Gasteiger partial charge in [0.1, 0.15) is 23.3 Å². The molecule has 1 aliphatic rings. The van der Waals surface area contributed by atoms with Crippen LogP contribution < -0.4 is 19.7 Å². The van der Waals surface area contributed by atoms with Gasteiger partial charge in [-0.3, -0.25) is 9.59 Å². The number of furan rings is 1. The van der Waals surface area contributed by atoms with Crippen molar-refractivity contribution < 1.29 is 28.3 Å². The first-order valence-corrected chi connectivity index (χ1v) is 10.2. The van der Waals surface area contributed by atoms with Crippen LogP contribution in [0, 0.1) is 0 Å². The molecule has 0 radical (unpaired) electrons. The highest BCUT2D eigenvalue weighted by Gasteiger charge is 2.47. The van der Waals surface area contributed by atoms with E-state index < -0.39 is 23.9 Å². The first-order valence-electron chi connectivity index (χ1n) is 10.2. The third kappa shape index (κ3) is 4.67. The van der Waals surface area contributed by atoms with E-state index in [1.165, 1.54) is 18.3 Å². The van der Waals surface area contributed by atoms with E-state index in [0.717, 1.165) is 4.90 Å². The molecule has 3 aromatic rings. The van der Waals surface area contributed by atoms with Crippen LogP contribution in [0.25, 0.3) is 0 Å². The highest BCUT2D eigenvalue weighted by Crippen LogP contribution is 2.30. The highest BCUT2D eigenvalue weighted by atomic mass is 16.5. The van der Waals surface area contributed by atoms with Crippen molar-refractivity contribution in [3.05, 3.63) is 72.7 Å². The third-order valence-electron chi connectivity index (χ3n) is 5.31. The molecule has 0 spiro atoms. The molecule has 2 aromatic carbocycles. The molecule has 1 N–H and O–H groups in total. The number of urea groups is 1. The fraction of sp³-hybridized carbons (Fsp3) is 0.208. The zero-order valence-corrected chi connectivity index (χ0v) is 18.2. The Labute approximate surface area is 190 Å². The molecular formula is C24H23N3O6. The van der Waals surface area contributed by atoms with Crippen molar-refractivity contribution in [2.45, 2.75) is 19.0 Å². The average molecular weight is 449 g/mol. The summed E-state index contributed by atoms with van der Waals surface area (Å²) >= 11 is 0. The maximum absolute atomic E-state index is 13.3. The fourth-order valence-corrected chi connectivity index (χ4v) is 3.62. The molecule has 1 atom stereocenters. The maximum atomic E-state index is 13.3. The second-order valence-corrected chi connectivity index (χ2v) is 7.36. The zero-order valence-electron chi connectivity index (χ0n) is 18.2. The molecule has 9 heteroatoms. The smallest absolute Gasteiger partial charge is 0.332 e. The number of methoxy groups -OCH3 is 2. The number of anilines is 2. The summed E-state index contributed by atoms with van der Waals surface area (Å²) < 4.78 is 15.6. The Morgan fingerprint density at radius 3 is 2.18 bits per heavy atom. The number of rotatable bonds is 8. The summed E-state index contributed by atoms with van der Waals surface area (Å²) in [4.78, 5) is 41.7. The predicted molar refractivity (Wildman–Crippen MR) is 120 cm³/mol. The molecule has 0 aliphatic carbocycles. The minimum Gasteiger partial charge on any atom is -0.497 e. The summed E-state index contributed by atoms with van der Waals surface area (Å²) in [6.45, 7) is 0.0602. The van der Waals surface area contributed by atoms with Gasteiger partial charge in [-0.2, -0.15) is 0 Å². The van der Waals surface area contributed by atoms with E-state index in [1.807, 2.05) is 0 Å². The molecule has 1 saturated heterocycles. The normalized spacial score (nSPS) is 15.6. The number of hydrogen-bond acceptors (Lipinski definition) is 6. The standard InChI is InChI=1S/C24H23N3O6/c1-31-18-9-5-16(6-10-18)25-22(28)14-21-23(29)27(17-7-11-19(32-2)12-8-17)24(30)26(21)15-20-4-3-13-33-20/h3-13,21H,14-15H2,1-2H3,(H,25,28)/t21-/m0/s1. The second-order valence-electron chi connectivity index (χ2n) is 7.36. The van der Waals surface area contributed by atoms with E-state index in [4.69, 9.17) is 13.9 Å². The Morgan fingerprint density at radius 2 is 1.61 bits per heavy atom. The lowest BCUT2D eigenvalue weighted by Gasteiger charge is -2.20. The van der Waals surface area contributed by atoms with Crippen LogP contribution in [0.4, 0.5) is 16.2 Å². The van der Waals surface area contributed by atoms with Gasteiger partial charge in [-0.25, -0.2) is 9.69 Å². The Kier molecular flexibility index (Phi) is 6.30. The van der Waals surface area contributed by atoms with Crippen LogP contribution in [0.3, 0.4) is 0 Å². The molecule has 9 nitrogen and oxygen atoms in total. The van der Waals surface area contributed by atoms with E-state index >= 15 is 0 Å². The third-order valence-corrected chi connectivity index (χ3v) is 5.31. The van der Waals surface area contributed by atoms with Gasteiger partial charge in [0.25, 0.3) is 5.91 Å². The SMILES string of the molecule is COc1ccc(NC(=O)C[C@H]2C(=O)N(c3ccc(OC)cc3)C(=O)N2Cc2ccco2)cc1. The summed E-state index contributed by atoms with van der Waals surface area (Å²) in [6, 6.07) is 15.3. The summed E-state index contributed by atoms with van der Waals surface area (Å²) in [6.07, 6.45) is 1.29. The number of ether oxygens (including phenoxy) is 2. The van der Waals surface area contributed by atoms with Crippen LogP contribution in [-0.2, 0) is 16.1 Å². The van der Waals surface area contributed by atoms with Crippen molar-refractivity contribution in [2.24, 2.45) is 0 Å². The number of nitrogens with one attached hydrogen (secondary N) is 1. The Balaban J connectivity index is 1.56. The van der Waals surface area contributed by atoms with Gasteiger partial charge in [-0.1, -0.05) is 0 Å². The van der Waals surface area contributed by atoms with Crippen molar-refractivity contribution >= 4 is 29.2 Å². The molecule has 0 saturated carbocycles. The van der Waals surface area contributed by atoms with Crippen molar-refractivity contribution in [2.75, 3.05) is 24.4 Å². The van der Waals surface area contributed by atoms with Gasteiger partial charge in [0.05, 0.1) is 39.1 Å². The lowest BCUT2D eigenvalue weighted by atomic mass is 10.1. The largest absolute Gasteiger partial charge is 0.497 e. The molecule has 4 rings (SSSR count). The van der Waals surface area contributed by atoms with Crippen molar-refractivity contribution in [3.8, 4) is 11.5 Å². The lowest BCUT2D eigenvalue weighted by Crippen LogP contribution is -2.37. The van der Waals surface area contributed by atoms with Gasteiger partial charge >= 0.3 is 6.03 Å². The van der Waals surface area contributed by atoms with Gasteiger partial charge in [0, 0.05) is 5.69 Å². The Morgan fingerprint density at radius 1 is 0.970 bits per heavy atom. The van der Waals surface area contributed by atoms with Gasteiger partial charge in [0.2, 0.25) is 5.91 Å². The van der Waals surface area contributed by atoms with Crippen molar-refractivity contribution in [3.63, 3.8) is 0 Å². The van der Waals surface area contributed by atoms with Crippen LogP contribution in [0.5, 0.6) is 11.5 Å². The number of carbonyl (C=O) groups excluding carboxylic acids is 3. The molecule has 1 aromatic heterocycles. The van der Waals surface area contributed by atoms with Crippen LogP contribution in [-0.4, -0.2) is 43.0 Å². The number of hydrogen-bond donors (Lipinski definition) is 1. The quantitative estimate of drug-likeness (QED) is 0.527. The summed E-state index contributed by atoms with van der Waals surface area (Å²) in [5, 5.41) is 2.76. The minimum absolute atomic E-state index is 0.0602. The van der Waals surface area contributed by atoms with E-state index in [-0.39, 0.29) is 13.0 Å². The average Bonchev–Trinajstić information content (AvgIpc) is 3.42. The van der Waals surface area contributed by atoms with Crippen LogP contribution >= 0.6 is 0 Å². The zero-order chi connectivity index (χ0) is 23.4. The Hall–Kier alpha value is -4.27. The van der Waals surface area contributed by atoms with E-state index in [0.29, 0.717) is 28.6 Å². The number of nitrogens with zero attached hydrogens (tertiary/aromatic N) is 2. The van der Waals surface area contributed by atoms with Gasteiger partial charge in [-0.15, -0.1) is 0 Å². The predicted octanol–water partition coefficient (Wildman–Crippen LogP) is 3.66. The molecule has 1 fully saturated rings. The number of imide groups is 1. The molecule has 2 heterocycles. The topological polar surface area (TPSA) is 101 Å². The van der Waals surface area contributed by atoms with Gasteiger partial charge in [-0.05, 0) is 60.7 Å². The van der Waals surface area contributed by atoms with Crippen molar-refractivity contribution in [1.29, 1.82) is 0 Å². The number of benzene rings is 2. The first-order chi connectivity index (χ1) is 16.0. The maximum Gasteiger partial charge on any atom is 0.332 e. The molecule has 0 bridgehead atoms. The van der Waals surface area contributed by atoms with E-state index in [9.17, 15) is 14.4 Å². The molecule has 1 aliphatic heterocycles. The second kappa shape index (κ2) is 9.47. The van der Waals surface area contributed by atoms with Crippen LogP contribution in [0.15, 0.2) is 71.3 Å². The highest BCUT2D eigenvalue weighted by molar-refractivity contribution is 6.22. The minimum atomic E-state index is -0.983. The molecule has 0 unspecified atom stereocenters. The van der Waals surface area contributed by atoms with E-state index in [1.54, 1.807) is 67.8 Å². The van der Waals surface area contributed by atoms with Gasteiger partial charge < -0.3 is 24.1 Å². The van der Waals surface area contributed by atoms with E-state index in [2.05, 4.69) is 5.32 Å². The number of amides is 4. The number of carbonyl (C=O) groups is 3. The van der Waals surface area contributed by atoms with Crippen LogP contribution in [0.1, 0.15) is 12.2 Å². The molecule has 4 amide bonds. The fourth-order valence-electron chi connectivity index (χ4n) is 3.62. The molecule has 170 valence electrons. The van der Waals surface area contributed by atoms with Gasteiger partial charge in [0.15, 0.2) is 0 Å².